The average molecular weight is 466 g/mol. The molecule has 2 aromatic carbocycles. The van der Waals surface area contributed by atoms with Crippen LogP contribution in [0, 0.1) is 19.7 Å². The quantitative estimate of drug-likeness (QED) is 0.280. The fourth-order valence-corrected chi connectivity index (χ4v) is 4.23. The second kappa shape index (κ2) is 9.38. The number of H-pyrrole nitrogens is 1. The Morgan fingerprint density at radius 1 is 0.943 bits per heavy atom. The van der Waals surface area contributed by atoms with Crippen LogP contribution < -0.4 is 10.6 Å². The third kappa shape index (κ3) is 4.75. The van der Waals surface area contributed by atoms with Gasteiger partial charge in [0.2, 0.25) is 0 Å². The Bertz CT molecular complexity index is 1510. The van der Waals surface area contributed by atoms with E-state index >= 15 is 0 Å². The summed E-state index contributed by atoms with van der Waals surface area (Å²) >= 11 is 0. The number of fused-ring (bicyclic) bond motifs is 1. The van der Waals surface area contributed by atoms with Gasteiger partial charge in [-0.2, -0.15) is 0 Å². The smallest absolute Gasteiger partial charge is 0.255 e. The van der Waals surface area contributed by atoms with Crippen LogP contribution in [0.2, 0.25) is 0 Å². The summed E-state index contributed by atoms with van der Waals surface area (Å²) in [7, 11) is 0. The fourth-order valence-electron chi connectivity index (χ4n) is 4.23. The van der Waals surface area contributed by atoms with Gasteiger partial charge in [0.1, 0.15) is 11.6 Å². The third-order valence-corrected chi connectivity index (χ3v) is 5.86. The van der Waals surface area contributed by atoms with E-state index in [1.165, 1.54) is 18.2 Å². The van der Waals surface area contributed by atoms with E-state index in [0.717, 1.165) is 39.2 Å². The summed E-state index contributed by atoms with van der Waals surface area (Å²) in [5, 5.41) is 7.36. The minimum absolute atomic E-state index is 0.258. The van der Waals surface area contributed by atoms with Crippen LogP contribution in [0.3, 0.4) is 0 Å². The molecule has 3 N–H and O–H groups in total. The minimum atomic E-state index is -0.453. The van der Waals surface area contributed by atoms with Crippen LogP contribution in [0.1, 0.15) is 38.9 Å². The van der Waals surface area contributed by atoms with Gasteiger partial charge in [-0.3, -0.25) is 9.78 Å². The van der Waals surface area contributed by atoms with Gasteiger partial charge in [0, 0.05) is 45.8 Å². The lowest BCUT2D eigenvalue weighted by molar-refractivity contribution is 0.102. The van der Waals surface area contributed by atoms with Crippen molar-refractivity contribution < 1.29 is 9.18 Å². The summed E-state index contributed by atoms with van der Waals surface area (Å²) in [5.41, 5.74) is 5.72. The molecule has 1 unspecified atom stereocenters. The van der Waals surface area contributed by atoms with Gasteiger partial charge in [-0.05, 0) is 80.1 Å². The van der Waals surface area contributed by atoms with Crippen LogP contribution >= 0.6 is 0 Å². The number of rotatable bonds is 6. The molecule has 1 atom stereocenters. The molecule has 0 saturated carbocycles. The molecule has 0 aliphatic rings. The second-order valence-electron chi connectivity index (χ2n) is 8.44. The summed E-state index contributed by atoms with van der Waals surface area (Å²) in [6.45, 7) is 4.04. The molecule has 0 radical (unpaired) electrons. The van der Waals surface area contributed by atoms with Crippen molar-refractivity contribution in [1.82, 2.24) is 15.0 Å². The van der Waals surface area contributed by atoms with Crippen molar-refractivity contribution in [2.24, 2.45) is 0 Å². The molecule has 0 spiro atoms. The Kier molecular flexibility index (Phi) is 5.97. The molecule has 6 nitrogen and oxygen atoms in total. The van der Waals surface area contributed by atoms with Crippen molar-refractivity contribution in [3.63, 3.8) is 0 Å². The zero-order valence-corrected chi connectivity index (χ0v) is 19.3. The van der Waals surface area contributed by atoms with Gasteiger partial charge >= 0.3 is 0 Å². The molecule has 0 aliphatic heterocycles. The van der Waals surface area contributed by atoms with E-state index in [1.54, 1.807) is 18.5 Å². The molecule has 0 bridgehead atoms. The van der Waals surface area contributed by atoms with Crippen LogP contribution in [0.4, 0.5) is 15.9 Å². The molecule has 174 valence electrons. The first kappa shape index (κ1) is 22.3. The number of hydrogen-bond donors (Lipinski definition) is 3. The van der Waals surface area contributed by atoms with Gasteiger partial charge in [0.25, 0.3) is 5.91 Å². The van der Waals surface area contributed by atoms with Gasteiger partial charge in [0.15, 0.2) is 0 Å². The van der Waals surface area contributed by atoms with E-state index in [-0.39, 0.29) is 17.5 Å². The van der Waals surface area contributed by atoms with Gasteiger partial charge < -0.3 is 15.6 Å². The summed E-state index contributed by atoms with van der Waals surface area (Å²) < 4.78 is 13.6. The lowest BCUT2D eigenvalue weighted by atomic mass is 9.99. The molecule has 35 heavy (non-hydrogen) atoms. The molecule has 0 aliphatic carbocycles. The number of anilines is 2. The van der Waals surface area contributed by atoms with Crippen molar-refractivity contribution >= 4 is 28.3 Å². The molecule has 1 amide bonds. The molecule has 3 aromatic heterocycles. The van der Waals surface area contributed by atoms with Crippen LogP contribution in [0.25, 0.3) is 10.9 Å². The zero-order chi connectivity index (χ0) is 24.4. The number of halogens is 1. The van der Waals surface area contributed by atoms with Crippen molar-refractivity contribution in [2.75, 3.05) is 10.6 Å². The molecular weight excluding hydrogens is 441 g/mol. The molecule has 3 heterocycles. The lowest BCUT2D eigenvalue weighted by Gasteiger charge is -2.20. The van der Waals surface area contributed by atoms with Crippen molar-refractivity contribution in [2.45, 2.75) is 19.9 Å². The van der Waals surface area contributed by atoms with Crippen LogP contribution in [0.15, 0.2) is 85.2 Å². The number of hydrogen-bond acceptors (Lipinski definition) is 4. The van der Waals surface area contributed by atoms with E-state index in [9.17, 15) is 9.18 Å². The average Bonchev–Trinajstić information content (AvgIpc) is 3.18. The van der Waals surface area contributed by atoms with Gasteiger partial charge in [-0.15, -0.1) is 0 Å². The number of nitrogens with one attached hydrogen (secondary N) is 3. The summed E-state index contributed by atoms with van der Waals surface area (Å²) in [4.78, 5) is 25.2. The zero-order valence-electron chi connectivity index (χ0n) is 19.3. The Morgan fingerprint density at radius 2 is 1.83 bits per heavy atom. The highest BCUT2D eigenvalue weighted by molar-refractivity contribution is 6.05. The minimum Gasteiger partial charge on any atom is -0.358 e. The van der Waals surface area contributed by atoms with E-state index in [4.69, 9.17) is 0 Å². The molecule has 0 saturated heterocycles. The Labute approximate surface area is 202 Å². The Balaban J connectivity index is 1.56. The first-order valence-corrected chi connectivity index (χ1v) is 11.3. The summed E-state index contributed by atoms with van der Waals surface area (Å²) in [6, 6.07) is 20.8. The molecule has 5 rings (SSSR count). The SMILES string of the molecule is Cc1ccnc(NC(c2ccccn2)c2c(C)[nH]c3ccc(NC(=O)c4cccc(F)c4)cc23)c1. The lowest BCUT2D eigenvalue weighted by Crippen LogP contribution is -2.15. The maximum absolute atomic E-state index is 13.6. The number of aromatic amines is 1. The number of carbonyl (C=O) groups excluding carboxylic acids is 1. The number of aryl methyl sites for hydroxylation is 2. The Morgan fingerprint density at radius 3 is 2.60 bits per heavy atom. The van der Waals surface area contributed by atoms with Crippen LogP contribution in [0.5, 0.6) is 0 Å². The summed E-state index contributed by atoms with van der Waals surface area (Å²) in [5.74, 6) is -0.0864. The van der Waals surface area contributed by atoms with Gasteiger partial charge in [-0.25, -0.2) is 9.37 Å². The van der Waals surface area contributed by atoms with E-state index in [2.05, 4.69) is 25.6 Å². The maximum Gasteiger partial charge on any atom is 0.255 e. The van der Waals surface area contributed by atoms with E-state index < -0.39 is 5.82 Å². The number of carbonyl (C=O) groups is 1. The van der Waals surface area contributed by atoms with Crippen molar-refractivity contribution in [1.29, 1.82) is 0 Å². The van der Waals surface area contributed by atoms with Crippen LogP contribution in [-0.4, -0.2) is 20.9 Å². The fraction of sp³-hybridized carbons (Fsp3) is 0.107. The largest absolute Gasteiger partial charge is 0.358 e. The van der Waals surface area contributed by atoms with Gasteiger partial charge in [0.05, 0.1) is 11.7 Å². The molecule has 5 aromatic rings. The Hall–Kier alpha value is -4.52. The van der Waals surface area contributed by atoms with E-state index in [1.807, 2.05) is 62.4 Å². The second-order valence-corrected chi connectivity index (χ2v) is 8.44. The number of benzene rings is 2. The maximum atomic E-state index is 13.6. The standard InChI is InChI=1S/C28H24FN5O/c1-17-11-13-31-25(14-17)34-27(24-8-3-4-12-30-24)26-18(2)32-23-10-9-21(16-22(23)26)33-28(35)19-6-5-7-20(29)15-19/h3-16,27,32H,1-2H3,(H,31,34)(H,33,35). The topological polar surface area (TPSA) is 82.7 Å². The highest BCUT2D eigenvalue weighted by Crippen LogP contribution is 2.35. The van der Waals surface area contributed by atoms with Gasteiger partial charge in [-0.1, -0.05) is 12.1 Å². The van der Waals surface area contributed by atoms with E-state index in [0.29, 0.717) is 5.69 Å². The normalized spacial score (nSPS) is 11.9. The molecule has 7 heteroatoms. The first-order chi connectivity index (χ1) is 17.0. The van der Waals surface area contributed by atoms with Crippen molar-refractivity contribution in [3.05, 3.63) is 119 Å². The predicted octanol–water partition coefficient (Wildman–Crippen LogP) is 6.17. The number of nitrogens with zero attached hydrogens (tertiary/aromatic N) is 2. The number of pyridine rings is 2. The highest BCUT2D eigenvalue weighted by Gasteiger charge is 2.23. The molecule has 0 fully saturated rings. The molecular formula is C28H24FN5O. The monoisotopic (exact) mass is 465 g/mol. The summed E-state index contributed by atoms with van der Waals surface area (Å²) in [6.07, 6.45) is 3.54. The van der Waals surface area contributed by atoms with Crippen molar-refractivity contribution in [3.8, 4) is 0 Å². The number of amides is 1. The predicted molar refractivity (Wildman–Crippen MR) is 136 cm³/mol. The third-order valence-electron chi connectivity index (χ3n) is 5.86. The first-order valence-electron chi connectivity index (χ1n) is 11.3. The van der Waals surface area contributed by atoms with Crippen LogP contribution in [-0.2, 0) is 0 Å². The highest BCUT2D eigenvalue weighted by atomic mass is 19.1. The number of aromatic nitrogens is 3.